The molecule has 47 heavy (non-hydrogen) atoms. The average Bonchev–Trinajstić information content (AvgIpc) is 3.16. The van der Waals surface area contributed by atoms with E-state index in [4.69, 9.17) is 18.8 Å². The molecule has 0 bridgehead atoms. The van der Waals surface area contributed by atoms with Crippen molar-refractivity contribution in [1.29, 1.82) is 0 Å². The molecule has 0 spiro atoms. The maximum atomic E-state index is 11.3. The zero-order valence-electron chi connectivity index (χ0n) is 25.1. The molecule has 0 aliphatic rings. The van der Waals surface area contributed by atoms with E-state index in [0.29, 0.717) is 0 Å². The molecule has 0 aromatic heterocycles. The molecule has 7 heteroatoms. The van der Waals surface area contributed by atoms with Crippen molar-refractivity contribution in [3.05, 3.63) is 194 Å². The van der Waals surface area contributed by atoms with Gasteiger partial charge >= 0.3 is 35.3 Å². The first-order valence-electron chi connectivity index (χ1n) is 14.4. The summed E-state index contributed by atoms with van der Waals surface area (Å²) in [5.74, 6) is 10.0. The minimum absolute atomic E-state index is 0.472. The number of benzene rings is 6. The third kappa shape index (κ3) is 8.83. The summed E-state index contributed by atoms with van der Waals surface area (Å²) in [7, 11) is 5.30. The van der Waals surface area contributed by atoms with Crippen LogP contribution in [0.4, 0.5) is 0 Å². The van der Waals surface area contributed by atoms with Gasteiger partial charge < -0.3 is 0 Å². The van der Waals surface area contributed by atoms with Crippen LogP contribution in [0.15, 0.2) is 182 Å². The van der Waals surface area contributed by atoms with Gasteiger partial charge in [0.1, 0.15) is 0 Å². The van der Waals surface area contributed by atoms with Gasteiger partial charge in [0.25, 0.3) is 0 Å². The molecule has 0 N–H and O–H groups in total. The van der Waals surface area contributed by atoms with E-state index < -0.39 is 31.0 Å². The van der Waals surface area contributed by atoms with Crippen molar-refractivity contribution in [2.45, 2.75) is 0 Å². The molecule has 0 aliphatic heterocycles. The summed E-state index contributed by atoms with van der Waals surface area (Å²) in [6.07, 6.45) is 0. The molecule has 6 aromatic rings. The third-order valence-corrected chi connectivity index (χ3v) is 14.6. The van der Waals surface area contributed by atoms with E-state index in [9.17, 15) is 9.59 Å². The van der Waals surface area contributed by atoms with E-state index in [2.05, 4.69) is 84.4 Å². The first kappa shape index (κ1) is 36.2. The second-order valence-electron chi connectivity index (χ2n) is 9.83. The molecule has 236 valence electrons. The Labute approximate surface area is 294 Å². The number of halogens is 2. The maximum absolute atomic E-state index is 11.3. The molecule has 0 heterocycles. The SMILES string of the molecule is O=C=[C-][P+](c1ccccc1)(c1ccccc1)c1ccccc1.O=C=[C-][P+](c1ccccc1)(c1ccccc1)c1ccccc1.[Cl][Pt][Cl]. The molecular weight excluding hydrogens is 840 g/mol. The van der Waals surface area contributed by atoms with Gasteiger partial charge in [-0.3, -0.25) is 9.59 Å². The molecule has 2 nitrogen and oxygen atoms in total. The van der Waals surface area contributed by atoms with E-state index >= 15 is 0 Å². The Morgan fingerprint density at radius 2 is 0.511 bits per heavy atom. The van der Waals surface area contributed by atoms with Crippen LogP contribution < -0.4 is 31.8 Å². The topological polar surface area (TPSA) is 34.1 Å². The average molecular weight is 871 g/mol. The van der Waals surface area contributed by atoms with Crippen molar-refractivity contribution < 1.29 is 26.1 Å². The van der Waals surface area contributed by atoms with Crippen LogP contribution in [0.25, 0.3) is 0 Å². The van der Waals surface area contributed by atoms with Crippen LogP contribution in [0, 0.1) is 11.6 Å². The van der Waals surface area contributed by atoms with E-state index in [1.165, 1.54) is 0 Å². The van der Waals surface area contributed by atoms with E-state index in [0.717, 1.165) is 31.8 Å². The fraction of sp³-hybridized carbons (Fsp3) is 0. The van der Waals surface area contributed by atoms with Crippen molar-refractivity contribution in [3.8, 4) is 0 Å². The summed E-state index contributed by atoms with van der Waals surface area (Å²) in [4.78, 5) is 22.7. The second-order valence-corrected chi connectivity index (χ2v) is 19.3. The fourth-order valence-corrected chi connectivity index (χ4v) is 11.9. The summed E-state index contributed by atoms with van der Waals surface area (Å²) in [5.41, 5.74) is 0. The monoisotopic (exact) mass is 869 g/mol. The zero-order valence-corrected chi connectivity index (χ0v) is 30.7. The van der Waals surface area contributed by atoms with Crippen LogP contribution in [-0.4, -0.2) is 11.9 Å². The Kier molecular flexibility index (Phi) is 14.8. The molecule has 0 saturated heterocycles. The predicted octanol–water partition coefficient (Wildman–Crippen LogP) is 7.63. The Morgan fingerprint density at radius 1 is 0.362 bits per heavy atom. The van der Waals surface area contributed by atoms with Crippen molar-refractivity contribution >= 4 is 77.1 Å². The quantitative estimate of drug-likeness (QED) is 0.0897. The number of hydrogen-bond acceptors (Lipinski definition) is 2. The van der Waals surface area contributed by atoms with Gasteiger partial charge in [-0.2, -0.15) is 11.6 Å². The molecule has 0 fully saturated rings. The molecule has 0 atom stereocenters. The summed E-state index contributed by atoms with van der Waals surface area (Å²) < 4.78 is 0. The van der Waals surface area contributed by atoms with Gasteiger partial charge in [-0.1, -0.05) is 121 Å². The van der Waals surface area contributed by atoms with Crippen molar-refractivity contribution in [2.24, 2.45) is 0 Å². The summed E-state index contributed by atoms with van der Waals surface area (Å²) in [6.45, 7) is 0. The van der Waals surface area contributed by atoms with Crippen LogP contribution in [0.5, 0.6) is 0 Å². The first-order chi connectivity index (χ1) is 23.2. The van der Waals surface area contributed by atoms with Gasteiger partial charge in [-0.25, -0.2) is 0 Å². The molecule has 6 aromatic carbocycles. The van der Waals surface area contributed by atoms with Crippen LogP contribution in [0.1, 0.15) is 0 Å². The van der Waals surface area contributed by atoms with Crippen molar-refractivity contribution in [3.63, 3.8) is 0 Å². The molecule has 0 amide bonds. The molecule has 0 radical (unpaired) electrons. The van der Waals surface area contributed by atoms with Crippen LogP contribution in [0.2, 0.25) is 0 Å². The summed E-state index contributed by atoms with van der Waals surface area (Å²) in [5, 5.41) is 6.64. The van der Waals surface area contributed by atoms with Gasteiger partial charge in [0.05, 0.1) is 31.8 Å². The third-order valence-electron chi connectivity index (χ3n) is 7.29. The van der Waals surface area contributed by atoms with Gasteiger partial charge in [0.15, 0.2) is 0 Å². The Bertz CT molecular complexity index is 1530. The number of carbonyl (C=O) groups excluding carboxylic acids is 2. The predicted molar refractivity (Wildman–Crippen MR) is 200 cm³/mol. The summed E-state index contributed by atoms with van der Waals surface area (Å²) >= 11 is -0.472. The molecule has 0 saturated carbocycles. The number of hydrogen-bond donors (Lipinski definition) is 0. The van der Waals surface area contributed by atoms with E-state index in [-0.39, 0.29) is 0 Å². The summed E-state index contributed by atoms with van der Waals surface area (Å²) in [6, 6.07) is 60.7. The van der Waals surface area contributed by atoms with Crippen molar-refractivity contribution in [2.75, 3.05) is 0 Å². The van der Waals surface area contributed by atoms with Gasteiger partial charge in [0.2, 0.25) is 0 Å². The van der Waals surface area contributed by atoms with Crippen molar-refractivity contribution in [1.82, 2.24) is 0 Å². The van der Waals surface area contributed by atoms with Crippen LogP contribution >= 0.6 is 33.4 Å². The van der Waals surface area contributed by atoms with E-state index in [1.54, 1.807) is 0 Å². The second kappa shape index (κ2) is 19.2. The normalized spacial score (nSPS) is 10.5. The molecule has 0 unspecified atom stereocenters. The fourth-order valence-electron chi connectivity index (χ4n) is 5.33. The Hall–Kier alpha value is -3.65. The molecule has 6 rings (SSSR count). The van der Waals surface area contributed by atoms with Gasteiger partial charge in [-0.05, 0) is 87.3 Å². The van der Waals surface area contributed by atoms with Crippen LogP contribution in [0.3, 0.4) is 0 Å². The Balaban J connectivity index is 0.000000197. The van der Waals surface area contributed by atoms with Crippen LogP contribution in [-0.2, 0) is 26.1 Å². The molecular formula is C40H30Cl2O2P2Pt. The standard InChI is InChI=1S/2C20H15OP.2ClH.Pt/c2*21-16-17-22(18-10-4-1-5-11-18,19-12-6-2-7-13-19)20-14-8-3-9-15-20;;;/h2*1-15H;2*1H;/q;;;;+2/p-2. The first-order valence-corrected chi connectivity index (χ1v) is 23.6. The Morgan fingerprint density at radius 3 is 0.638 bits per heavy atom. The van der Waals surface area contributed by atoms with Gasteiger partial charge in [0, 0.05) is 0 Å². The van der Waals surface area contributed by atoms with E-state index in [1.807, 2.05) is 121 Å². The number of rotatable bonds is 8. The van der Waals surface area contributed by atoms with Gasteiger partial charge in [-0.15, -0.1) is 0 Å². The zero-order chi connectivity index (χ0) is 33.2. The molecule has 0 aliphatic carbocycles. The minimum atomic E-state index is -2.23.